The molecule has 37 heavy (non-hydrogen) atoms. The maximum atomic E-state index is 11.9. The van der Waals surface area contributed by atoms with E-state index in [-0.39, 0.29) is 5.97 Å². The van der Waals surface area contributed by atoms with Crippen molar-refractivity contribution in [3.63, 3.8) is 0 Å². The van der Waals surface area contributed by atoms with Gasteiger partial charge in [-0.3, -0.25) is 0 Å². The highest BCUT2D eigenvalue weighted by atomic mass is 16.5. The van der Waals surface area contributed by atoms with Crippen molar-refractivity contribution in [1.82, 2.24) is 0 Å². The summed E-state index contributed by atoms with van der Waals surface area (Å²) in [6.45, 7) is 4.96. The largest absolute Gasteiger partial charge is 0.478 e. The highest BCUT2D eigenvalue weighted by Crippen LogP contribution is 2.17. The van der Waals surface area contributed by atoms with Crippen LogP contribution in [0.5, 0.6) is 0 Å². The van der Waals surface area contributed by atoms with Gasteiger partial charge in [0.25, 0.3) is 0 Å². The Bertz CT molecular complexity index is 970. The first-order valence-electron chi connectivity index (χ1n) is 12.7. The molecule has 0 aliphatic carbocycles. The number of carboxylic acid groups (broad SMARTS) is 2. The predicted octanol–water partition coefficient (Wildman–Crippen LogP) is 7.61. The van der Waals surface area contributed by atoms with E-state index in [1.807, 2.05) is 18.2 Å². The van der Waals surface area contributed by atoms with Gasteiger partial charge in [0, 0.05) is 0 Å². The first kappa shape index (κ1) is 31.1. The van der Waals surface area contributed by atoms with E-state index in [1.165, 1.54) is 25.7 Å². The van der Waals surface area contributed by atoms with E-state index in [4.69, 9.17) is 14.9 Å². The summed E-state index contributed by atoms with van der Waals surface area (Å²) in [6, 6.07) is 25.8. The van der Waals surface area contributed by atoms with Crippen LogP contribution in [0.2, 0.25) is 0 Å². The Kier molecular flexibility index (Phi) is 16.2. The van der Waals surface area contributed by atoms with Gasteiger partial charge in [0.05, 0.1) is 23.3 Å². The summed E-state index contributed by atoms with van der Waals surface area (Å²) in [5.41, 5.74) is 1.31. The molecule has 198 valence electrons. The molecule has 0 aliphatic rings. The maximum absolute atomic E-state index is 11.9. The molecule has 0 heterocycles. The number of hydrogen-bond acceptors (Lipinski definition) is 4. The average molecular weight is 507 g/mol. The Morgan fingerprint density at radius 1 is 0.622 bits per heavy atom. The van der Waals surface area contributed by atoms with Crippen molar-refractivity contribution in [2.24, 2.45) is 5.92 Å². The summed E-state index contributed by atoms with van der Waals surface area (Å²) in [5.74, 6) is -1.44. The standard InChI is InChI=1S/C17H26O2.2C7H6O2/c1-3-5-7-11-15(10-4-2)14-19-17(18)16-12-8-6-9-13-16;2*8-7(9)6-4-2-1-3-5-6/h6,8-9,12-13,15H,3-5,7,10-11,14H2,1-2H3;2*1-5H,(H,8,9). The van der Waals surface area contributed by atoms with Gasteiger partial charge in [-0.25, -0.2) is 14.4 Å². The molecule has 1 atom stereocenters. The highest BCUT2D eigenvalue weighted by molar-refractivity contribution is 5.89. The molecule has 1 unspecified atom stereocenters. The van der Waals surface area contributed by atoms with Crippen LogP contribution in [0.1, 0.15) is 83.4 Å². The lowest BCUT2D eigenvalue weighted by atomic mass is 9.97. The molecular weight excluding hydrogens is 468 g/mol. The van der Waals surface area contributed by atoms with Gasteiger partial charge in [0.2, 0.25) is 0 Å². The quantitative estimate of drug-likeness (QED) is 0.205. The third kappa shape index (κ3) is 14.3. The molecule has 0 radical (unpaired) electrons. The Morgan fingerprint density at radius 2 is 1.05 bits per heavy atom. The zero-order valence-electron chi connectivity index (χ0n) is 21.7. The third-order valence-electron chi connectivity index (χ3n) is 5.41. The number of rotatable bonds is 11. The second-order valence-electron chi connectivity index (χ2n) is 8.46. The third-order valence-corrected chi connectivity index (χ3v) is 5.41. The van der Waals surface area contributed by atoms with Gasteiger partial charge in [-0.15, -0.1) is 0 Å². The van der Waals surface area contributed by atoms with Crippen LogP contribution in [-0.2, 0) is 4.74 Å². The number of ether oxygens (including phenoxy) is 1. The lowest BCUT2D eigenvalue weighted by Crippen LogP contribution is -2.14. The van der Waals surface area contributed by atoms with E-state index < -0.39 is 11.9 Å². The number of carbonyl (C=O) groups excluding carboxylic acids is 1. The van der Waals surface area contributed by atoms with E-state index >= 15 is 0 Å². The summed E-state index contributed by atoms with van der Waals surface area (Å²) in [4.78, 5) is 32.3. The fourth-order valence-electron chi connectivity index (χ4n) is 3.41. The van der Waals surface area contributed by atoms with Crippen molar-refractivity contribution >= 4 is 17.9 Å². The maximum Gasteiger partial charge on any atom is 0.338 e. The van der Waals surface area contributed by atoms with Gasteiger partial charge >= 0.3 is 17.9 Å². The molecule has 3 rings (SSSR count). The lowest BCUT2D eigenvalue weighted by Gasteiger charge is -2.16. The number of carboxylic acids is 2. The van der Waals surface area contributed by atoms with Gasteiger partial charge in [-0.2, -0.15) is 0 Å². The molecule has 0 saturated heterocycles. The summed E-state index contributed by atoms with van der Waals surface area (Å²) >= 11 is 0. The molecular formula is C31H38O6. The zero-order valence-corrected chi connectivity index (χ0v) is 21.7. The molecule has 6 nitrogen and oxygen atoms in total. The molecule has 3 aromatic carbocycles. The Hall–Kier alpha value is -3.93. The van der Waals surface area contributed by atoms with Crippen molar-refractivity contribution in [2.75, 3.05) is 6.61 Å². The summed E-state index contributed by atoms with van der Waals surface area (Å²) in [6.07, 6.45) is 7.22. The number of unbranched alkanes of at least 4 members (excludes halogenated alkanes) is 2. The first-order valence-corrected chi connectivity index (χ1v) is 12.7. The summed E-state index contributed by atoms with van der Waals surface area (Å²) < 4.78 is 5.43. The minimum atomic E-state index is -0.879. The second kappa shape index (κ2) is 19.3. The number of benzene rings is 3. The van der Waals surface area contributed by atoms with Crippen molar-refractivity contribution in [3.8, 4) is 0 Å². The van der Waals surface area contributed by atoms with Crippen LogP contribution in [-0.4, -0.2) is 34.7 Å². The average Bonchev–Trinajstić information content (AvgIpc) is 2.94. The van der Waals surface area contributed by atoms with Crippen LogP contribution in [0.15, 0.2) is 91.0 Å². The molecule has 2 N–H and O–H groups in total. The molecule has 3 aromatic rings. The Balaban J connectivity index is 0.000000314. The van der Waals surface area contributed by atoms with Gasteiger partial charge in [0.1, 0.15) is 0 Å². The van der Waals surface area contributed by atoms with Crippen LogP contribution in [0.25, 0.3) is 0 Å². The molecule has 6 heteroatoms. The number of carbonyl (C=O) groups is 3. The van der Waals surface area contributed by atoms with Gasteiger partial charge in [-0.1, -0.05) is 94.1 Å². The van der Waals surface area contributed by atoms with E-state index in [1.54, 1.807) is 72.8 Å². The second-order valence-corrected chi connectivity index (χ2v) is 8.46. The van der Waals surface area contributed by atoms with Gasteiger partial charge < -0.3 is 14.9 Å². The molecule has 0 fully saturated rings. The Morgan fingerprint density at radius 3 is 1.41 bits per heavy atom. The molecule has 0 aliphatic heterocycles. The van der Waals surface area contributed by atoms with Gasteiger partial charge in [0.15, 0.2) is 0 Å². The van der Waals surface area contributed by atoms with Crippen molar-refractivity contribution in [3.05, 3.63) is 108 Å². The SMILES string of the molecule is CCCCCC(CCC)COC(=O)c1ccccc1.O=C(O)c1ccccc1.O=C(O)c1ccccc1. The van der Waals surface area contributed by atoms with E-state index in [9.17, 15) is 14.4 Å². The molecule has 0 amide bonds. The van der Waals surface area contributed by atoms with Crippen LogP contribution in [0, 0.1) is 5.92 Å². The molecule has 0 spiro atoms. The number of hydrogen-bond donors (Lipinski definition) is 2. The smallest absolute Gasteiger partial charge is 0.338 e. The predicted molar refractivity (Wildman–Crippen MR) is 146 cm³/mol. The number of aromatic carboxylic acids is 2. The fourth-order valence-corrected chi connectivity index (χ4v) is 3.41. The van der Waals surface area contributed by atoms with Crippen LogP contribution >= 0.6 is 0 Å². The van der Waals surface area contributed by atoms with Crippen LogP contribution in [0.3, 0.4) is 0 Å². The minimum Gasteiger partial charge on any atom is -0.478 e. The first-order chi connectivity index (χ1) is 17.9. The fraction of sp³-hybridized carbons (Fsp3) is 0.323. The van der Waals surface area contributed by atoms with Crippen LogP contribution < -0.4 is 0 Å². The summed E-state index contributed by atoms with van der Waals surface area (Å²) in [7, 11) is 0. The van der Waals surface area contributed by atoms with Crippen LogP contribution in [0.4, 0.5) is 0 Å². The highest BCUT2D eigenvalue weighted by Gasteiger charge is 2.12. The van der Waals surface area contributed by atoms with E-state index in [0.717, 1.165) is 12.8 Å². The van der Waals surface area contributed by atoms with Crippen molar-refractivity contribution in [1.29, 1.82) is 0 Å². The molecule has 0 bridgehead atoms. The zero-order chi connectivity index (χ0) is 27.3. The molecule has 0 aromatic heterocycles. The van der Waals surface area contributed by atoms with Gasteiger partial charge in [-0.05, 0) is 55.2 Å². The topological polar surface area (TPSA) is 101 Å². The Labute approximate surface area is 219 Å². The monoisotopic (exact) mass is 506 g/mol. The van der Waals surface area contributed by atoms with Crippen molar-refractivity contribution in [2.45, 2.75) is 52.4 Å². The molecule has 0 saturated carbocycles. The lowest BCUT2D eigenvalue weighted by molar-refractivity contribution is 0.0423. The number of esters is 1. The summed E-state index contributed by atoms with van der Waals surface area (Å²) in [5, 5.41) is 16.8. The minimum absolute atomic E-state index is 0.197. The van der Waals surface area contributed by atoms with E-state index in [0.29, 0.717) is 29.2 Å². The van der Waals surface area contributed by atoms with E-state index in [2.05, 4.69) is 13.8 Å². The van der Waals surface area contributed by atoms with Crippen molar-refractivity contribution < 1.29 is 29.3 Å². The normalized spacial score (nSPS) is 10.5.